The third kappa shape index (κ3) is 7.52. The molecule has 1 aliphatic carbocycles. The summed E-state index contributed by atoms with van der Waals surface area (Å²) in [6, 6.07) is 19.5. The van der Waals surface area contributed by atoms with E-state index in [1.165, 1.54) is 12.1 Å². The van der Waals surface area contributed by atoms with E-state index in [4.69, 9.17) is 4.74 Å². The van der Waals surface area contributed by atoms with E-state index in [-0.39, 0.29) is 34.9 Å². The molecule has 0 aromatic heterocycles. The van der Waals surface area contributed by atoms with Gasteiger partial charge in [0, 0.05) is 23.8 Å². The number of rotatable bonds is 10. The van der Waals surface area contributed by atoms with Crippen LogP contribution in [0.2, 0.25) is 0 Å². The van der Waals surface area contributed by atoms with Crippen molar-refractivity contribution in [1.29, 1.82) is 0 Å². The van der Waals surface area contributed by atoms with Crippen LogP contribution in [0.3, 0.4) is 0 Å². The lowest BCUT2D eigenvalue weighted by Crippen LogP contribution is -2.45. The fraction of sp³-hybridized carbons (Fsp3) is 0.406. The van der Waals surface area contributed by atoms with Crippen molar-refractivity contribution in [3.8, 4) is 0 Å². The first-order valence-corrected chi connectivity index (χ1v) is 15.9. The van der Waals surface area contributed by atoms with E-state index < -0.39 is 21.6 Å². The number of benzene rings is 3. The summed E-state index contributed by atoms with van der Waals surface area (Å²) in [6.45, 7) is 2.84. The molecular formula is C32H35F3N2O4S. The van der Waals surface area contributed by atoms with Gasteiger partial charge in [0.25, 0.3) is 0 Å². The van der Waals surface area contributed by atoms with Gasteiger partial charge in [0.15, 0.2) is 9.84 Å². The number of sulfone groups is 1. The number of anilines is 2. The number of hydrogen-bond acceptors (Lipinski definition) is 5. The molecule has 1 heterocycles. The number of piperidine rings is 1. The van der Waals surface area contributed by atoms with Crippen molar-refractivity contribution in [2.24, 2.45) is 0 Å². The molecule has 1 unspecified atom stereocenters. The lowest BCUT2D eigenvalue weighted by Gasteiger charge is -2.41. The maximum atomic E-state index is 13.1. The summed E-state index contributed by atoms with van der Waals surface area (Å²) in [6.07, 6.45) is -0.0500. The molecule has 224 valence electrons. The topological polar surface area (TPSA) is 75.7 Å². The molecule has 2 fully saturated rings. The van der Waals surface area contributed by atoms with Crippen LogP contribution in [0.4, 0.5) is 24.5 Å². The van der Waals surface area contributed by atoms with Crippen LogP contribution in [0.25, 0.3) is 0 Å². The number of carbonyl (C=O) groups is 1. The summed E-state index contributed by atoms with van der Waals surface area (Å²) in [4.78, 5) is 15.2. The summed E-state index contributed by atoms with van der Waals surface area (Å²) < 4.78 is 69.3. The van der Waals surface area contributed by atoms with Gasteiger partial charge in [-0.3, -0.25) is 4.79 Å². The normalized spacial score (nSPS) is 19.5. The minimum Gasteiger partial charge on any atom is -0.376 e. The van der Waals surface area contributed by atoms with Crippen molar-refractivity contribution >= 4 is 27.1 Å². The Labute approximate surface area is 244 Å². The molecule has 0 spiro atoms. The van der Waals surface area contributed by atoms with Gasteiger partial charge in [-0.15, -0.1) is 0 Å². The van der Waals surface area contributed by atoms with Crippen molar-refractivity contribution < 1.29 is 31.1 Å². The Morgan fingerprint density at radius 1 is 0.929 bits per heavy atom. The predicted octanol–water partition coefficient (Wildman–Crippen LogP) is 6.61. The van der Waals surface area contributed by atoms with Crippen LogP contribution in [0.15, 0.2) is 77.7 Å². The number of alkyl halides is 3. The molecule has 1 saturated heterocycles. The largest absolute Gasteiger partial charge is 0.416 e. The second-order valence-corrected chi connectivity index (χ2v) is 13.3. The summed E-state index contributed by atoms with van der Waals surface area (Å²) in [5.41, 5.74) is 2.55. The van der Waals surface area contributed by atoms with Crippen molar-refractivity contribution in [2.75, 3.05) is 29.1 Å². The number of carbonyl (C=O) groups excluding carboxylic acids is 1. The molecule has 1 aliphatic heterocycles. The monoisotopic (exact) mass is 600 g/mol. The second-order valence-electron chi connectivity index (χ2n) is 11.1. The second kappa shape index (κ2) is 12.5. The molecule has 3 aromatic carbocycles. The molecule has 0 radical (unpaired) electrons. The number of nitrogens with zero attached hydrogens (tertiary/aromatic N) is 1. The van der Waals surface area contributed by atoms with Crippen molar-refractivity contribution in [1.82, 2.24) is 0 Å². The van der Waals surface area contributed by atoms with Crippen molar-refractivity contribution in [3.63, 3.8) is 0 Å². The Bertz CT molecular complexity index is 1470. The van der Waals surface area contributed by atoms with Gasteiger partial charge in [0.1, 0.15) is 0 Å². The number of ether oxygens (including phenoxy) is 1. The highest BCUT2D eigenvalue weighted by atomic mass is 32.2. The van der Waals surface area contributed by atoms with E-state index in [2.05, 4.69) is 10.2 Å². The average molecular weight is 601 g/mol. The van der Waals surface area contributed by atoms with Crippen LogP contribution >= 0.6 is 0 Å². The smallest absolute Gasteiger partial charge is 0.376 e. The Morgan fingerprint density at radius 2 is 1.60 bits per heavy atom. The fourth-order valence-electron chi connectivity index (χ4n) is 5.32. The highest BCUT2D eigenvalue weighted by molar-refractivity contribution is 7.91. The maximum Gasteiger partial charge on any atom is 0.416 e. The SMILES string of the molecule is CCS(=O)(=O)c1ccc(CC(=O)Nc2ccc(N3CC(c4ccc(C(F)(F)F)cc4)CC[C@H]3COC3CC3)cc2)cc1. The standard InChI is InChI=1S/C32H35F3N2O4S/c1-2-42(39,40)30-17-3-22(4-18-30)19-31(38)36-26-10-13-27(14-11-26)37-20-24(7-12-28(37)21-41-29-15-16-29)23-5-8-25(9-6-23)32(33,34)35/h3-6,8-11,13-14,17-18,24,28-29H,2,7,12,15-16,19-21H2,1H3,(H,36,38)/t24?,28-/m0/s1. The molecule has 1 amide bonds. The Kier molecular flexibility index (Phi) is 8.94. The first-order valence-electron chi connectivity index (χ1n) is 14.3. The maximum absolute atomic E-state index is 13.1. The van der Waals surface area contributed by atoms with Gasteiger partial charge in [0.2, 0.25) is 5.91 Å². The molecule has 0 bridgehead atoms. The molecule has 6 nitrogen and oxygen atoms in total. The van der Waals surface area contributed by atoms with Crippen LogP contribution in [-0.4, -0.2) is 45.4 Å². The van der Waals surface area contributed by atoms with E-state index in [1.807, 2.05) is 24.3 Å². The number of nitrogens with one attached hydrogen (secondary N) is 1. The highest BCUT2D eigenvalue weighted by Gasteiger charge is 2.33. The van der Waals surface area contributed by atoms with E-state index in [9.17, 15) is 26.4 Å². The third-order valence-corrected chi connectivity index (χ3v) is 9.72. The fourth-order valence-corrected chi connectivity index (χ4v) is 6.21. The van der Waals surface area contributed by atoms with E-state index in [0.29, 0.717) is 30.5 Å². The lowest BCUT2D eigenvalue weighted by atomic mass is 9.86. The molecule has 2 aliphatic rings. The number of halogens is 3. The zero-order valence-corrected chi connectivity index (χ0v) is 24.3. The molecule has 3 aromatic rings. The first-order chi connectivity index (χ1) is 20.0. The molecule has 42 heavy (non-hydrogen) atoms. The predicted molar refractivity (Wildman–Crippen MR) is 156 cm³/mol. The molecule has 5 rings (SSSR count). The van der Waals surface area contributed by atoms with Gasteiger partial charge in [-0.2, -0.15) is 13.2 Å². The quantitative estimate of drug-likeness (QED) is 0.283. The summed E-state index contributed by atoms with van der Waals surface area (Å²) >= 11 is 0. The molecule has 1 saturated carbocycles. The van der Waals surface area contributed by atoms with Gasteiger partial charge in [-0.1, -0.05) is 31.2 Å². The molecule has 10 heteroatoms. The lowest BCUT2D eigenvalue weighted by molar-refractivity contribution is -0.137. The molecule has 1 N–H and O–H groups in total. The number of amides is 1. The van der Waals surface area contributed by atoms with Gasteiger partial charge in [-0.05, 0) is 85.3 Å². The minimum atomic E-state index is -4.36. The Morgan fingerprint density at radius 3 is 2.19 bits per heavy atom. The minimum absolute atomic E-state index is 0.0181. The van der Waals surface area contributed by atoms with Gasteiger partial charge in [-0.25, -0.2) is 8.42 Å². The average Bonchev–Trinajstić information content (AvgIpc) is 3.81. The van der Waals surface area contributed by atoms with E-state index in [0.717, 1.165) is 49.1 Å². The zero-order valence-electron chi connectivity index (χ0n) is 23.4. The first kappa shape index (κ1) is 30.1. The summed E-state index contributed by atoms with van der Waals surface area (Å²) in [5.74, 6) is -0.114. The van der Waals surface area contributed by atoms with Gasteiger partial charge in [0.05, 0.1) is 41.4 Å². The Hall–Kier alpha value is -3.37. The summed E-state index contributed by atoms with van der Waals surface area (Å²) in [5, 5.41) is 2.90. The van der Waals surface area contributed by atoms with Gasteiger partial charge < -0.3 is 15.0 Å². The van der Waals surface area contributed by atoms with Gasteiger partial charge >= 0.3 is 6.18 Å². The van der Waals surface area contributed by atoms with Crippen LogP contribution < -0.4 is 10.2 Å². The van der Waals surface area contributed by atoms with Crippen molar-refractivity contribution in [2.45, 2.75) is 68.2 Å². The molecule has 2 atom stereocenters. The summed E-state index contributed by atoms with van der Waals surface area (Å²) in [7, 11) is -3.29. The zero-order chi connectivity index (χ0) is 29.9. The van der Waals surface area contributed by atoms with Crippen LogP contribution in [0.5, 0.6) is 0 Å². The van der Waals surface area contributed by atoms with Crippen LogP contribution in [0, 0.1) is 0 Å². The van der Waals surface area contributed by atoms with E-state index >= 15 is 0 Å². The number of hydrogen-bond donors (Lipinski definition) is 1. The molecular weight excluding hydrogens is 565 g/mol. The van der Waals surface area contributed by atoms with Crippen LogP contribution in [-0.2, 0) is 32.0 Å². The highest BCUT2D eigenvalue weighted by Crippen LogP contribution is 2.36. The third-order valence-electron chi connectivity index (χ3n) is 7.97. The van der Waals surface area contributed by atoms with E-state index in [1.54, 1.807) is 31.2 Å². The van der Waals surface area contributed by atoms with Crippen LogP contribution in [0.1, 0.15) is 55.2 Å². The van der Waals surface area contributed by atoms with Crippen molar-refractivity contribution in [3.05, 3.63) is 89.5 Å². The Balaban J connectivity index is 1.24.